The summed E-state index contributed by atoms with van der Waals surface area (Å²) in [5, 5.41) is 9.30. The maximum Gasteiger partial charge on any atom is 0.166 e. The van der Waals surface area contributed by atoms with Crippen LogP contribution in [-0.2, 0) is 9.59 Å². The summed E-state index contributed by atoms with van der Waals surface area (Å²) in [5.74, 6) is -0.00230. The third-order valence-electron chi connectivity index (χ3n) is 3.75. The van der Waals surface area contributed by atoms with Crippen LogP contribution in [0.4, 0.5) is 0 Å². The molecule has 3 heteroatoms. The van der Waals surface area contributed by atoms with E-state index in [2.05, 4.69) is 20.8 Å². The van der Waals surface area contributed by atoms with Crippen molar-refractivity contribution < 1.29 is 14.7 Å². The summed E-state index contributed by atoms with van der Waals surface area (Å²) in [7, 11) is 0. The minimum atomic E-state index is -0.0719. The van der Waals surface area contributed by atoms with Gasteiger partial charge in [-0.05, 0) is 35.4 Å². The number of benzene rings is 1. The highest BCUT2D eigenvalue weighted by Gasteiger charge is 2.31. The average Bonchev–Trinajstić information content (AvgIpc) is 2.37. The first-order chi connectivity index (χ1) is 9.76. The Morgan fingerprint density at radius 1 is 1.10 bits per heavy atom. The van der Waals surface area contributed by atoms with Crippen molar-refractivity contribution in [3.63, 3.8) is 0 Å². The highest BCUT2D eigenvalue weighted by molar-refractivity contribution is 6.22. The Morgan fingerprint density at radius 3 is 2.10 bits per heavy atom. The molecule has 0 aliphatic heterocycles. The second-order valence-electron chi connectivity index (χ2n) is 6.93. The lowest BCUT2D eigenvalue weighted by atomic mass is 9.79. The fourth-order valence-corrected chi connectivity index (χ4v) is 2.51. The molecule has 1 aliphatic carbocycles. The molecule has 2 rings (SSSR count). The highest BCUT2D eigenvalue weighted by atomic mass is 16.3. The van der Waals surface area contributed by atoms with E-state index in [1.54, 1.807) is 30.3 Å². The summed E-state index contributed by atoms with van der Waals surface area (Å²) < 4.78 is 0. The number of rotatable bonds is 2. The summed E-state index contributed by atoms with van der Waals surface area (Å²) in [6.45, 7) is 6.25. The second-order valence-corrected chi connectivity index (χ2v) is 6.93. The molecule has 1 aromatic rings. The SMILES string of the molecule is CC(C)(C)CC=C1C(=O)CC(c2ccc(O)cc2)CC1=O. The van der Waals surface area contributed by atoms with Crippen LogP contribution in [0.5, 0.6) is 5.75 Å². The van der Waals surface area contributed by atoms with Crippen LogP contribution in [0.1, 0.15) is 51.5 Å². The number of hydrogen-bond acceptors (Lipinski definition) is 3. The fraction of sp³-hybridized carbons (Fsp3) is 0.444. The second kappa shape index (κ2) is 5.84. The fourth-order valence-electron chi connectivity index (χ4n) is 2.51. The van der Waals surface area contributed by atoms with Crippen LogP contribution < -0.4 is 0 Å². The van der Waals surface area contributed by atoms with E-state index < -0.39 is 0 Å². The Bertz CT molecular complexity index is 553. The zero-order valence-electron chi connectivity index (χ0n) is 12.8. The van der Waals surface area contributed by atoms with Crippen LogP contribution in [-0.4, -0.2) is 16.7 Å². The Kier molecular flexibility index (Phi) is 4.31. The molecule has 112 valence electrons. The Morgan fingerprint density at radius 2 is 1.62 bits per heavy atom. The minimum Gasteiger partial charge on any atom is -0.508 e. The van der Waals surface area contributed by atoms with Crippen molar-refractivity contribution in [2.75, 3.05) is 0 Å². The number of phenolic OH excluding ortho intramolecular Hbond substituents is 1. The number of hydrogen-bond donors (Lipinski definition) is 1. The van der Waals surface area contributed by atoms with Gasteiger partial charge in [-0.2, -0.15) is 0 Å². The topological polar surface area (TPSA) is 54.4 Å². The number of ketones is 2. The normalized spacial score (nSPS) is 19.8. The summed E-state index contributed by atoms with van der Waals surface area (Å²) in [5.41, 5.74) is 1.38. The third-order valence-corrected chi connectivity index (χ3v) is 3.75. The van der Waals surface area contributed by atoms with Crippen molar-refractivity contribution in [1.82, 2.24) is 0 Å². The Balaban J connectivity index is 2.14. The van der Waals surface area contributed by atoms with Crippen molar-refractivity contribution in [3.8, 4) is 5.75 Å². The van der Waals surface area contributed by atoms with Crippen molar-refractivity contribution in [2.24, 2.45) is 5.41 Å². The molecule has 0 radical (unpaired) electrons. The lowest BCUT2D eigenvalue weighted by Crippen LogP contribution is -2.25. The molecular weight excluding hydrogens is 264 g/mol. The van der Waals surface area contributed by atoms with Crippen molar-refractivity contribution in [2.45, 2.75) is 46.0 Å². The molecule has 0 unspecified atom stereocenters. The van der Waals surface area contributed by atoms with Crippen molar-refractivity contribution >= 4 is 11.6 Å². The number of carbonyl (C=O) groups is 2. The number of allylic oxidation sites excluding steroid dienone is 2. The van der Waals surface area contributed by atoms with E-state index in [1.807, 2.05) is 0 Å². The molecule has 1 saturated carbocycles. The summed E-state index contributed by atoms with van der Waals surface area (Å²) in [6.07, 6.45) is 3.26. The largest absolute Gasteiger partial charge is 0.508 e. The molecule has 0 aromatic heterocycles. The molecule has 1 N–H and O–H groups in total. The maximum absolute atomic E-state index is 12.2. The zero-order valence-corrected chi connectivity index (χ0v) is 12.8. The van der Waals surface area contributed by atoms with Crippen molar-refractivity contribution in [1.29, 1.82) is 0 Å². The summed E-state index contributed by atoms with van der Waals surface area (Å²) >= 11 is 0. The quantitative estimate of drug-likeness (QED) is 0.665. The predicted octanol–water partition coefficient (Wildman–Crippen LogP) is 3.77. The van der Waals surface area contributed by atoms with Gasteiger partial charge in [-0.1, -0.05) is 39.0 Å². The van der Waals surface area contributed by atoms with Crippen LogP contribution in [0, 0.1) is 5.41 Å². The first kappa shape index (κ1) is 15.5. The molecule has 0 spiro atoms. The molecule has 0 atom stereocenters. The van der Waals surface area contributed by atoms with E-state index in [1.165, 1.54) is 0 Å². The van der Waals surface area contributed by atoms with Gasteiger partial charge in [0.05, 0.1) is 5.57 Å². The van der Waals surface area contributed by atoms with Gasteiger partial charge in [0.15, 0.2) is 11.6 Å². The molecule has 1 fully saturated rings. The van der Waals surface area contributed by atoms with Gasteiger partial charge in [-0.25, -0.2) is 0 Å². The average molecular weight is 286 g/mol. The summed E-state index contributed by atoms with van der Waals surface area (Å²) in [6, 6.07) is 6.75. The van der Waals surface area contributed by atoms with Gasteiger partial charge in [0.25, 0.3) is 0 Å². The van der Waals surface area contributed by atoms with E-state index in [0.29, 0.717) is 18.4 Å². The number of aromatic hydroxyl groups is 1. The molecule has 0 bridgehead atoms. The van der Waals surface area contributed by atoms with Gasteiger partial charge < -0.3 is 5.11 Å². The smallest absolute Gasteiger partial charge is 0.166 e. The molecule has 3 nitrogen and oxygen atoms in total. The van der Waals surface area contributed by atoms with Gasteiger partial charge >= 0.3 is 0 Å². The molecule has 1 aliphatic rings. The summed E-state index contributed by atoms with van der Waals surface area (Å²) in [4.78, 5) is 24.5. The van der Waals surface area contributed by atoms with Crippen molar-refractivity contribution in [3.05, 3.63) is 41.5 Å². The number of Topliss-reactive ketones (excluding diaryl/α,β-unsaturated/α-hetero) is 2. The van der Waals surface area contributed by atoms with Crippen LogP contribution >= 0.6 is 0 Å². The van der Waals surface area contributed by atoms with Gasteiger partial charge in [0.2, 0.25) is 0 Å². The van der Waals surface area contributed by atoms with Crippen LogP contribution in [0.15, 0.2) is 35.9 Å². The molecule has 0 heterocycles. The van der Waals surface area contributed by atoms with Crippen LogP contribution in [0.25, 0.3) is 0 Å². The van der Waals surface area contributed by atoms with Gasteiger partial charge in [-0.15, -0.1) is 0 Å². The van der Waals surface area contributed by atoms with Crippen LogP contribution in [0.2, 0.25) is 0 Å². The van der Waals surface area contributed by atoms with E-state index in [4.69, 9.17) is 0 Å². The third kappa shape index (κ3) is 4.03. The van der Waals surface area contributed by atoms with E-state index in [9.17, 15) is 14.7 Å². The molecule has 1 aromatic carbocycles. The predicted molar refractivity (Wildman–Crippen MR) is 82.3 cm³/mol. The van der Waals surface area contributed by atoms with Gasteiger partial charge in [0, 0.05) is 12.8 Å². The molecule has 0 saturated heterocycles. The lowest BCUT2D eigenvalue weighted by Gasteiger charge is -2.23. The molecular formula is C18H22O3. The number of carbonyl (C=O) groups excluding carboxylic acids is 2. The number of phenols is 1. The lowest BCUT2D eigenvalue weighted by molar-refractivity contribution is -0.124. The van der Waals surface area contributed by atoms with E-state index >= 15 is 0 Å². The van der Waals surface area contributed by atoms with Gasteiger partial charge in [-0.3, -0.25) is 9.59 Å². The first-order valence-electron chi connectivity index (χ1n) is 7.32. The van der Waals surface area contributed by atoms with Crippen LogP contribution in [0.3, 0.4) is 0 Å². The zero-order chi connectivity index (χ0) is 15.6. The standard InChI is InChI=1S/C18H22O3/c1-18(2,3)9-8-15-16(20)10-13(11-17(15)21)12-4-6-14(19)7-5-12/h4-8,13,19H,9-11H2,1-3H3. The van der Waals surface area contributed by atoms with Gasteiger partial charge in [0.1, 0.15) is 5.75 Å². The Hall–Kier alpha value is -1.90. The maximum atomic E-state index is 12.2. The minimum absolute atomic E-state index is 0.0615. The first-order valence-corrected chi connectivity index (χ1v) is 7.32. The highest BCUT2D eigenvalue weighted by Crippen LogP contribution is 2.33. The molecule has 21 heavy (non-hydrogen) atoms. The Labute approximate surface area is 125 Å². The molecule has 0 amide bonds. The monoisotopic (exact) mass is 286 g/mol. The van der Waals surface area contributed by atoms with E-state index in [0.717, 1.165) is 12.0 Å². The van der Waals surface area contributed by atoms with E-state index in [-0.39, 0.29) is 28.6 Å².